The Kier molecular flexibility index (Phi) is 3.20. The highest BCUT2D eigenvalue weighted by atomic mass is 15.2. The van der Waals surface area contributed by atoms with Crippen molar-refractivity contribution in [2.45, 2.75) is 39.2 Å². The SMILES string of the molecule is Cc1ccc(C(C)C)c(N2CC[C@H](N)C2)c1. The van der Waals surface area contributed by atoms with Crippen LogP contribution in [0.1, 0.15) is 37.3 Å². The summed E-state index contributed by atoms with van der Waals surface area (Å²) in [6, 6.07) is 7.11. The van der Waals surface area contributed by atoms with Crippen LogP contribution in [0.3, 0.4) is 0 Å². The molecule has 0 amide bonds. The summed E-state index contributed by atoms with van der Waals surface area (Å²) in [5.41, 5.74) is 10.2. The summed E-state index contributed by atoms with van der Waals surface area (Å²) in [5, 5.41) is 0. The Labute approximate surface area is 98.4 Å². The first-order valence-electron chi connectivity index (χ1n) is 6.19. The summed E-state index contributed by atoms with van der Waals surface area (Å²) in [4.78, 5) is 2.44. The summed E-state index contributed by atoms with van der Waals surface area (Å²) < 4.78 is 0. The van der Waals surface area contributed by atoms with Gasteiger partial charge in [-0.15, -0.1) is 0 Å². The second-order valence-corrected chi connectivity index (χ2v) is 5.21. The van der Waals surface area contributed by atoms with E-state index in [1.54, 1.807) is 0 Å². The molecule has 88 valence electrons. The third-order valence-corrected chi connectivity index (χ3v) is 3.37. The molecule has 1 aliphatic heterocycles. The average Bonchev–Trinajstić information content (AvgIpc) is 2.64. The zero-order valence-corrected chi connectivity index (χ0v) is 10.5. The van der Waals surface area contributed by atoms with E-state index in [1.165, 1.54) is 16.8 Å². The van der Waals surface area contributed by atoms with E-state index in [9.17, 15) is 0 Å². The second-order valence-electron chi connectivity index (χ2n) is 5.21. The Balaban J connectivity index is 2.34. The van der Waals surface area contributed by atoms with Crippen LogP contribution in [0.4, 0.5) is 5.69 Å². The van der Waals surface area contributed by atoms with Crippen LogP contribution in [0.5, 0.6) is 0 Å². The van der Waals surface area contributed by atoms with Gasteiger partial charge >= 0.3 is 0 Å². The molecule has 1 aliphatic rings. The van der Waals surface area contributed by atoms with Gasteiger partial charge in [0.1, 0.15) is 0 Å². The van der Waals surface area contributed by atoms with Crippen LogP contribution in [-0.4, -0.2) is 19.1 Å². The van der Waals surface area contributed by atoms with E-state index in [0.717, 1.165) is 19.5 Å². The van der Waals surface area contributed by atoms with Gasteiger partial charge in [0.05, 0.1) is 0 Å². The average molecular weight is 218 g/mol. The molecule has 1 saturated heterocycles. The Morgan fingerprint density at radius 1 is 1.38 bits per heavy atom. The molecule has 0 saturated carbocycles. The highest BCUT2D eigenvalue weighted by Gasteiger charge is 2.22. The summed E-state index contributed by atoms with van der Waals surface area (Å²) in [5.74, 6) is 0.576. The van der Waals surface area contributed by atoms with Crippen molar-refractivity contribution in [3.63, 3.8) is 0 Å². The first-order valence-corrected chi connectivity index (χ1v) is 6.19. The minimum Gasteiger partial charge on any atom is -0.370 e. The van der Waals surface area contributed by atoms with Crippen molar-refractivity contribution in [1.82, 2.24) is 0 Å². The van der Waals surface area contributed by atoms with Crippen LogP contribution in [0.15, 0.2) is 18.2 Å². The normalized spacial score (nSPS) is 20.8. The van der Waals surface area contributed by atoms with E-state index in [-0.39, 0.29) is 0 Å². The highest BCUT2D eigenvalue weighted by molar-refractivity contribution is 5.57. The number of hydrogen-bond donors (Lipinski definition) is 1. The van der Waals surface area contributed by atoms with E-state index in [2.05, 4.69) is 43.9 Å². The van der Waals surface area contributed by atoms with Gasteiger partial charge in [-0.05, 0) is 36.5 Å². The highest BCUT2D eigenvalue weighted by Crippen LogP contribution is 2.30. The molecule has 1 heterocycles. The largest absolute Gasteiger partial charge is 0.370 e. The fraction of sp³-hybridized carbons (Fsp3) is 0.571. The molecular formula is C14H22N2. The van der Waals surface area contributed by atoms with E-state index in [1.807, 2.05) is 0 Å². The molecule has 1 atom stereocenters. The predicted molar refractivity (Wildman–Crippen MR) is 70.1 cm³/mol. The molecule has 0 aliphatic carbocycles. The zero-order chi connectivity index (χ0) is 11.7. The van der Waals surface area contributed by atoms with Gasteiger partial charge in [0.15, 0.2) is 0 Å². The van der Waals surface area contributed by atoms with Gasteiger partial charge in [0, 0.05) is 24.8 Å². The third-order valence-electron chi connectivity index (χ3n) is 3.37. The number of nitrogens with zero attached hydrogens (tertiary/aromatic N) is 1. The minimum absolute atomic E-state index is 0.348. The van der Waals surface area contributed by atoms with Crippen LogP contribution >= 0.6 is 0 Å². The van der Waals surface area contributed by atoms with Crippen LogP contribution in [0.25, 0.3) is 0 Å². The van der Waals surface area contributed by atoms with Crippen LogP contribution < -0.4 is 10.6 Å². The van der Waals surface area contributed by atoms with Gasteiger partial charge in [-0.3, -0.25) is 0 Å². The van der Waals surface area contributed by atoms with Gasteiger partial charge in [0.25, 0.3) is 0 Å². The Morgan fingerprint density at radius 2 is 2.12 bits per heavy atom. The lowest BCUT2D eigenvalue weighted by molar-refractivity contribution is 0.751. The molecular weight excluding hydrogens is 196 g/mol. The molecule has 1 fully saturated rings. The fourth-order valence-corrected chi connectivity index (χ4v) is 2.42. The summed E-state index contributed by atoms with van der Waals surface area (Å²) in [6.45, 7) is 8.77. The lowest BCUT2D eigenvalue weighted by Crippen LogP contribution is -2.27. The molecule has 2 heteroatoms. The standard InChI is InChI=1S/C14H22N2/c1-10(2)13-5-4-11(3)8-14(13)16-7-6-12(15)9-16/h4-5,8,10,12H,6-7,9,15H2,1-3H3/t12-/m0/s1. The molecule has 0 radical (unpaired) electrons. The van der Waals surface area contributed by atoms with Gasteiger partial charge in [-0.25, -0.2) is 0 Å². The Morgan fingerprint density at radius 3 is 2.69 bits per heavy atom. The predicted octanol–water partition coefficient (Wildman–Crippen LogP) is 2.66. The molecule has 2 rings (SSSR count). The molecule has 16 heavy (non-hydrogen) atoms. The number of hydrogen-bond acceptors (Lipinski definition) is 2. The number of aryl methyl sites for hydroxylation is 1. The van der Waals surface area contributed by atoms with Crippen molar-refractivity contribution in [3.05, 3.63) is 29.3 Å². The molecule has 0 bridgehead atoms. The summed E-state index contributed by atoms with van der Waals surface area (Å²) >= 11 is 0. The van der Waals surface area contributed by atoms with Gasteiger partial charge in [-0.1, -0.05) is 26.0 Å². The number of anilines is 1. The van der Waals surface area contributed by atoms with E-state index in [0.29, 0.717) is 12.0 Å². The first kappa shape index (κ1) is 11.5. The molecule has 0 aromatic heterocycles. The maximum Gasteiger partial charge on any atom is 0.0404 e. The quantitative estimate of drug-likeness (QED) is 0.827. The van der Waals surface area contributed by atoms with Gasteiger partial charge in [-0.2, -0.15) is 0 Å². The van der Waals surface area contributed by atoms with Gasteiger partial charge < -0.3 is 10.6 Å². The molecule has 2 N–H and O–H groups in total. The van der Waals surface area contributed by atoms with Crippen LogP contribution in [-0.2, 0) is 0 Å². The summed E-state index contributed by atoms with van der Waals surface area (Å²) in [6.07, 6.45) is 1.12. The number of nitrogens with two attached hydrogens (primary N) is 1. The molecule has 0 unspecified atom stereocenters. The van der Waals surface area contributed by atoms with Crippen molar-refractivity contribution in [1.29, 1.82) is 0 Å². The minimum atomic E-state index is 0.348. The smallest absolute Gasteiger partial charge is 0.0404 e. The van der Waals surface area contributed by atoms with E-state index < -0.39 is 0 Å². The zero-order valence-electron chi connectivity index (χ0n) is 10.5. The Bertz CT molecular complexity index is 371. The fourth-order valence-electron chi connectivity index (χ4n) is 2.42. The van der Waals surface area contributed by atoms with Crippen molar-refractivity contribution in [2.75, 3.05) is 18.0 Å². The van der Waals surface area contributed by atoms with Gasteiger partial charge in [0.2, 0.25) is 0 Å². The third kappa shape index (κ3) is 2.22. The first-order chi connectivity index (χ1) is 7.58. The monoisotopic (exact) mass is 218 g/mol. The lowest BCUT2D eigenvalue weighted by atomic mass is 9.99. The van der Waals surface area contributed by atoms with E-state index >= 15 is 0 Å². The lowest BCUT2D eigenvalue weighted by Gasteiger charge is -2.24. The molecule has 0 spiro atoms. The maximum absolute atomic E-state index is 5.99. The topological polar surface area (TPSA) is 29.3 Å². The van der Waals surface area contributed by atoms with E-state index in [4.69, 9.17) is 5.73 Å². The molecule has 2 nitrogen and oxygen atoms in total. The number of benzene rings is 1. The summed E-state index contributed by atoms with van der Waals surface area (Å²) in [7, 11) is 0. The van der Waals surface area contributed by atoms with Crippen molar-refractivity contribution in [3.8, 4) is 0 Å². The van der Waals surface area contributed by atoms with Crippen molar-refractivity contribution < 1.29 is 0 Å². The number of rotatable bonds is 2. The van der Waals surface area contributed by atoms with Crippen LogP contribution in [0.2, 0.25) is 0 Å². The molecule has 1 aromatic carbocycles. The second kappa shape index (κ2) is 4.46. The Hall–Kier alpha value is -1.02. The van der Waals surface area contributed by atoms with Crippen LogP contribution in [0, 0.1) is 6.92 Å². The van der Waals surface area contributed by atoms with Crippen molar-refractivity contribution in [2.24, 2.45) is 5.73 Å². The molecule has 1 aromatic rings. The maximum atomic E-state index is 5.99. The van der Waals surface area contributed by atoms with Crippen molar-refractivity contribution >= 4 is 5.69 Å².